The van der Waals surface area contributed by atoms with Gasteiger partial charge in [0.1, 0.15) is 5.02 Å². The fraction of sp³-hybridized carbons (Fsp3) is 0.333. The second kappa shape index (κ2) is 3.56. The van der Waals surface area contributed by atoms with Crippen molar-refractivity contribution in [2.75, 3.05) is 7.11 Å². The van der Waals surface area contributed by atoms with Gasteiger partial charge in [0.05, 0.1) is 7.11 Å². The Hall–Kier alpha value is -1.11. The lowest BCUT2D eigenvalue weighted by atomic mass is 10.4. The molecule has 0 aliphatic carbocycles. The van der Waals surface area contributed by atoms with Crippen LogP contribution >= 0.6 is 11.6 Å². The van der Waals surface area contributed by atoms with Crippen LogP contribution in [0.2, 0.25) is 5.02 Å². The molecule has 78 valence electrons. The number of nitrogens with zero attached hydrogens (tertiary/aromatic N) is 2. The van der Waals surface area contributed by atoms with Crippen LogP contribution in [0.25, 0.3) is 0 Å². The van der Waals surface area contributed by atoms with Gasteiger partial charge in [-0.1, -0.05) is 11.6 Å². The van der Waals surface area contributed by atoms with Crippen LogP contribution in [0.5, 0.6) is 5.88 Å². The van der Waals surface area contributed by atoms with Crippen LogP contribution in [-0.2, 0) is 6.18 Å². The molecule has 0 bridgehead atoms. The molecule has 0 fully saturated rings. The first-order valence-electron chi connectivity index (χ1n) is 3.20. The number of hydrogen-bond acceptors (Lipinski definition) is 3. The van der Waals surface area contributed by atoms with Crippen molar-refractivity contribution in [1.82, 2.24) is 9.97 Å². The second-order valence-electron chi connectivity index (χ2n) is 2.16. The zero-order valence-corrected chi connectivity index (χ0v) is 7.45. The van der Waals surface area contributed by atoms with Crippen LogP contribution in [0.15, 0.2) is 0 Å². The molecule has 0 saturated heterocycles. The largest absolute Gasteiger partial charge is 0.480 e. The molecule has 0 N–H and O–H groups in total. The number of alkyl halides is 3. The van der Waals surface area contributed by atoms with Crippen LogP contribution in [-0.4, -0.2) is 17.1 Å². The zero-order valence-electron chi connectivity index (χ0n) is 6.69. The second-order valence-corrected chi connectivity index (χ2v) is 2.54. The van der Waals surface area contributed by atoms with Crippen LogP contribution < -0.4 is 4.74 Å². The first kappa shape index (κ1) is 11.0. The predicted octanol–water partition coefficient (Wildman–Crippen LogP) is 2.30. The molecule has 8 heteroatoms. The summed E-state index contributed by atoms with van der Waals surface area (Å²) in [6.45, 7) is 0. The molecular formula is C6H3ClF4N2O. The quantitative estimate of drug-likeness (QED) is 0.548. The standard InChI is InChI=1S/C6H3ClF4N2O/c1-14-4-2(7)3(6(9,10)11)12-5(8)13-4/h1H3. The van der Waals surface area contributed by atoms with Crippen molar-refractivity contribution < 1.29 is 22.3 Å². The van der Waals surface area contributed by atoms with Crippen LogP contribution in [0.3, 0.4) is 0 Å². The normalized spacial score (nSPS) is 11.6. The molecule has 0 amide bonds. The molecule has 3 nitrogen and oxygen atoms in total. The van der Waals surface area contributed by atoms with Crippen molar-refractivity contribution in [3.05, 3.63) is 16.8 Å². The van der Waals surface area contributed by atoms with Gasteiger partial charge in [-0.2, -0.15) is 27.5 Å². The first-order valence-corrected chi connectivity index (χ1v) is 3.58. The summed E-state index contributed by atoms with van der Waals surface area (Å²) in [5.74, 6) is -0.647. The Morgan fingerprint density at radius 1 is 1.29 bits per heavy atom. The molecule has 0 unspecified atom stereocenters. The van der Waals surface area contributed by atoms with Gasteiger partial charge >= 0.3 is 12.3 Å². The molecule has 1 aromatic rings. The van der Waals surface area contributed by atoms with Crippen molar-refractivity contribution in [1.29, 1.82) is 0 Å². The topological polar surface area (TPSA) is 35.0 Å². The lowest BCUT2D eigenvalue weighted by molar-refractivity contribution is -0.141. The maximum absolute atomic E-state index is 12.5. The van der Waals surface area contributed by atoms with E-state index in [0.717, 1.165) is 7.11 Å². The van der Waals surface area contributed by atoms with Crippen LogP contribution in [0.4, 0.5) is 17.6 Å². The van der Waals surface area contributed by atoms with E-state index in [9.17, 15) is 17.6 Å². The van der Waals surface area contributed by atoms with E-state index in [1.807, 2.05) is 0 Å². The maximum Gasteiger partial charge on any atom is 0.435 e. The highest BCUT2D eigenvalue weighted by atomic mass is 35.5. The van der Waals surface area contributed by atoms with Crippen molar-refractivity contribution in [2.24, 2.45) is 0 Å². The third-order valence-electron chi connectivity index (χ3n) is 1.26. The average Bonchev–Trinajstić information content (AvgIpc) is 2.06. The highest BCUT2D eigenvalue weighted by Gasteiger charge is 2.37. The van der Waals surface area contributed by atoms with E-state index in [-0.39, 0.29) is 0 Å². The van der Waals surface area contributed by atoms with E-state index in [1.54, 1.807) is 0 Å². The Bertz CT molecular complexity index is 354. The molecule has 0 aliphatic rings. The minimum Gasteiger partial charge on any atom is -0.480 e. The number of rotatable bonds is 1. The molecule has 0 aliphatic heterocycles. The Kier molecular flexibility index (Phi) is 2.79. The summed E-state index contributed by atoms with van der Waals surface area (Å²) < 4.78 is 53.2. The summed E-state index contributed by atoms with van der Waals surface area (Å²) in [6, 6.07) is 0. The van der Waals surface area contributed by atoms with Gasteiger partial charge in [0.15, 0.2) is 5.69 Å². The Morgan fingerprint density at radius 3 is 2.29 bits per heavy atom. The highest BCUT2D eigenvalue weighted by molar-refractivity contribution is 6.32. The molecule has 1 aromatic heterocycles. The van der Waals surface area contributed by atoms with Crippen molar-refractivity contribution in [2.45, 2.75) is 6.18 Å². The minimum absolute atomic E-state index is 0.647. The molecule has 0 spiro atoms. The Labute approximate surface area is 80.7 Å². The van der Waals surface area contributed by atoms with Gasteiger partial charge in [-0.3, -0.25) is 0 Å². The average molecular weight is 231 g/mol. The van der Waals surface area contributed by atoms with Gasteiger partial charge in [0.2, 0.25) is 5.88 Å². The van der Waals surface area contributed by atoms with E-state index in [2.05, 4.69) is 14.7 Å². The van der Waals surface area contributed by atoms with Gasteiger partial charge in [-0.05, 0) is 0 Å². The molecular weight excluding hydrogens is 228 g/mol. The Morgan fingerprint density at radius 2 is 1.86 bits per heavy atom. The molecule has 0 aromatic carbocycles. The lowest BCUT2D eigenvalue weighted by Gasteiger charge is -2.09. The summed E-state index contributed by atoms with van der Waals surface area (Å²) in [4.78, 5) is 5.47. The highest BCUT2D eigenvalue weighted by Crippen LogP contribution is 2.36. The lowest BCUT2D eigenvalue weighted by Crippen LogP contribution is -2.12. The van der Waals surface area contributed by atoms with E-state index in [4.69, 9.17) is 11.6 Å². The number of ether oxygens (including phenoxy) is 1. The Balaban J connectivity index is 3.37. The number of methoxy groups -OCH3 is 1. The summed E-state index contributed by atoms with van der Waals surface area (Å²) in [6.07, 6.45) is -6.38. The molecule has 1 heterocycles. The minimum atomic E-state index is -4.84. The van der Waals surface area contributed by atoms with E-state index in [1.165, 1.54) is 0 Å². The van der Waals surface area contributed by atoms with E-state index >= 15 is 0 Å². The SMILES string of the molecule is COc1nc(F)nc(C(F)(F)F)c1Cl. The predicted molar refractivity (Wildman–Crippen MR) is 38.6 cm³/mol. The first-order chi connectivity index (χ1) is 6.36. The molecule has 14 heavy (non-hydrogen) atoms. The van der Waals surface area contributed by atoms with Gasteiger partial charge in [-0.25, -0.2) is 0 Å². The summed E-state index contributed by atoms with van der Waals surface area (Å²) in [5, 5.41) is -0.860. The number of aromatic nitrogens is 2. The van der Waals surface area contributed by atoms with Gasteiger partial charge in [0.25, 0.3) is 0 Å². The van der Waals surface area contributed by atoms with E-state index < -0.39 is 28.9 Å². The van der Waals surface area contributed by atoms with Crippen molar-refractivity contribution >= 4 is 11.6 Å². The third-order valence-corrected chi connectivity index (χ3v) is 1.60. The smallest absolute Gasteiger partial charge is 0.435 e. The summed E-state index contributed by atoms with van der Waals surface area (Å²) in [7, 11) is 1.02. The monoisotopic (exact) mass is 230 g/mol. The third kappa shape index (κ3) is 2.03. The van der Waals surface area contributed by atoms with Gasteiger partial charge < -0.3 is 4.74 Å². The summed E-state index contributed by atoms with van der Waals surface area (Å²) in [5.41, 5.74) is -1.55. The number of halogens is 5. The van der Waals surface area contributed by atoms with E-state index in [0.29, 0.717) is 0 Å². The molecule has 0 atom stereocenters. The zero-order chi connectivity index (χ0) is 10.9. The fourth-order valence-corrected chi connectivity index (χ4v) is 0.992. The van der Waals surface area contributed by atoms with Gasteiger partial charge in [-0.15, -0.1) is 0 Å². The van der Waals surface area contributed by atoms with Crippen molar-refractivity contribution in [3.63, 3.8) is 0 Å². The van der Waals surface area contributed by atoms with Crippen molar-refractivity contribution in [3.8, 4) is 5.88 Å². The molecule has 0 saturated carbocycles. The summed E-state index contributed by atoms with van der Waals surface area (Å²) >= 11 is 5.23. The molecule has 1 rings (SSSR count). The number of hydrogen-bond donors (Lipinski definition) is 0. The van der Waals surface area contributed by atoms with Crippen LogP contribution in [0.1, 0.15) is 5.69 Å². The fourth-order valence-electron chi connectivity index (χ4n) is 0.724. The van der Waals surface area contributed by atoms with Gasteiger partial charge in [0, 0.05) is 0 Å². The maximum atomic E-state index is 12.5. The van der Waals surface area contributed by atoms with Crippen LogP contribution in [0, 0.1) is 6.08 Å². The molecule has 0 radical (unpaired) electrons.